The number of hydrogen-bond donors (Lipinski definition) is 1. The predicted octanol–water partition coefficient (Wildman–Crippen LogP) is 4.84. The maximum atomic E-state index is 12.5. The van der Waals surface area contributed by atoms with E-state index >= 15 is 0 Å². The molecule has 0 saturated heterocycles. The Kier molecular flexibility index (Phi) is 7.24. The molecule has 2 aromatic heterocycles. The number of amides is 1. The second-order valence-corrected chi connectivity index (χ2v) is 9.07. The summed E-state index contributed by atoms with van der Waals surface area (Å²) in [5.41, 5.74) is 1.66. The number of carbonyl (C=O) groups excluding carboxylic acids is 2. The van der Waals surface area contributed by atoms with Gasteiger partial charge in [-0.15, -0.1) is 22.7 Å². The van der Waals surface area contributed by atoms with Gasteiger partial charge < -0.3 is 10.1 Å². The van der Waals surface area contributed by atoms with Gasteiger partial charge in [0.05, 0.1) is 5.56 Å². The Bertz CT molecular complexity index is 865. The Morgan fingerprint density at radius 3 is 2.89 bits per heavy atom. The van der Waals surface area contributed by atoms with Crippen LogP contribution in [0.1, 0.15) is 59.9 Å². The van der Waals surface area contributed by atoms with Gasteiger partial charge in [-0.2, -0.15) is 5.26 Å². The summed E-state index contributed by atoms with van der Waals surface area (Å²) >= 11 is 3.15. The van der Waals surface area contributed by atoms with Crippen LogP contribution < -0.4 is 5.32 Å². The second-order valence-electron chi connectivity index (χ2n) is 6.93. The number of ether oxygens (including phenoxy) is 1. The fraction of sp³-hybridized carbons (Fsp3) is 0.476. The molecule has 1 amide bonds. The molecule has 0 aliphatic heterocycles. The van der Waals surface area contributed by atoms with Crippen molar-refractivity contribution in [3.8, 4) is 6.07 Å². The number of rotatable bonds is 7. The van der Waals surface area contributed by atoms with E-state index in [0.717, 1.165) is 37.7 Å². The van der Waals surface area contributed by atoms with E-state index < -0.39 is 6.10 Å². The zero-order valence-corrected chi connectivity index (χ0v) is 17.6. The maximum absolute atomic E-state index is 12.5. The number of fused-ring (bicyclic) bond motifs is 1. The summed E-state index contributed by atoms with van der Waals surface area (Å²) in [7, 11) is 0. The molecule has 1 N–H and O–H groups in total. The molecule has 7 heteroatoms. The van der Waals surface area contributed by atoms with Crippen LogP contribution in [0.25, 0.3) is 0 Å². The molecule has 0 radical (unpaired) electrons. The molecule has 1 atom stereocenters. The van der Waals surface area contributed by atoms with E-state index in [1.807, 2.05) is 17.5 Å². The van der Waals surface area contributed by atoms with Crippen LogP contribution >= 0.6 is 22.7 Å². The predicted molar refractivity (Wildman–Crippen MR) is 112 cm³/mol. The number of anilines is 1. The highest BCUT2D eigenvalue weighted by atomic mass is 32.1. The summed E-state index contributed by atoms with van der Waals surface area (Å²) in [5.74, 6) is -0.763. The molecular formula is C21H24N2O3S2. The molecule has 2 aromatic rings. The van der Waals surface area contributed by atoms with E-state index in [1.165, 1.54) is 27.5 Å². The number of carbonyl (C=O) groups is 2. The minimum absolute atomic E-state index is 0.284. The number of aryl methyl sites for hydroxylation is 2. The van der Waals surface area contributed by atoms with Gasteiger partial charge in [0.15, 0.2) is 6.10 Å². The van der Waals surface area contributed by atoms with Gasteiger partial charge in [0, 0.05) is 16.2 Å². The monoisotopic (exact) mass is 416 g/mol. The molecule has 1 aliphatic rings. The third-order valence-corrected chi connectivity index (χ3v) is 6.97. The summed E-state index contributed by atoms with van der Waals surface area (Å²) in [6.07, 6.45) is 6.14. The zero-order valence-electron chi connectivity index (χ0n) is 16.0. The third kappa shape index (κ3) is 5.21. The lowest BCUT2D eigenvalue weighted by molar-refractivity contribution is -0.153. The van der Waals surface area contributed by atoms with Crippen molar-refractivity contribution in [3.05, 3.63) is 38.4 Å². The van der Waals surface area contributed by atoms with Gasteiger partial charge in [0.1, 0.15) is 11.1 Å². The first-order valence-electron chi connectivity index (χ1n) is 9.66. The van der Waals surface area contributed by atoms with E-state index in [9.17, 15) is 14.9 Å². The Labute approximate surface area is 173 Å². The van der Waals surface area contributed by atoms with Gasteiger partial charge in [0.25, 0.3) is 5.91 Å². The molecule has 2 heterocycles. The molecule has 0 saturated carbocycles. The van der Waals surface area contributed by atoms with Crippen molar-refractivity contribution in [1.29, 1.82) is 5.26 Å². The quantitative estimate of drug-likeness (QED) is 0.517. The summed E-state index contributed by atoms with van der Waals surface area (Å²) in [6.45, 7) is 1.57. The highest BCUT2D eigenvalue weighted by Gasteiger charge is 2.24. The Balaban J connectivity index is 1.52. The van der Waals surface area contributed by atoms with E-state index in [2.05, 4.69) is 11.4 Å². The SMILES string of the molecule is C[C@H](OC(=O)CCCc1cccs1)C(=O)Nc1sc2c(c1C#N)CCCCC2. The first kappa shape index (κ1) is 20.6. The Hall–Kier alpha value is -2.17. The van der Waals surface area contributed by atoms with Crippen molar-refractivity contribution in [2.24, 2.45) is 0 Å². The van der Waals surface area contributed by atoms with Crippen molar-refractivity contribution in [3.63, 3.8) is 0 Å². The molecule has 148 valence electrons. The molecule has 1 aliphatic carbocycles. The van der Waals surface area contributed by atoms with Crippen LogP contribution in [-0.4, -0.2) is 18.0 Å². The fourth-order valence-electron chi connectivity index (χ4n) is 3.33. The van der Waals surface area contributed by atoms with Gasteiger partial charge in [-0.3, -0.25) is 9.59 Å². The summed E-state index contributed by atoms with van der Waals surface area (Å²) in [5, 5.41) is 14.9. The number of thiophene rings is 2. The van der Waals surface area contributed by atoms with Gasteiger partial charge >= 0.3 is 5.97 Å². The van der Waals surface area contributed by atoms with Crippen molar-refractivity contribution in [1.82, 2.24) is 0 Å². The van der Waals surface area contributed by atoms with Crippen molar-refractivity contribution >= 4 is 39.6 Å². The number of nitriles is 1. The highest BCUT2D eigenvalue weighted by molar-refractivity contribution is 7.16. The van der Waals surface area contributed by atoms with Crippen LogP contribution in [0.15, 0.2) is 17.5 Å². The van der Waals surface area contributed by atoms with Crippen LogP contribution in [0.2, 0.25) is 0 Å². The first-order chi connectivity index (χ1) is 13.6. The van der Waals surface area contributed by atoms with Crippen LogP contribution in [0.3, 0.4) is 0 Å². The largest absolute Gasteiger partial charge is 0.453 e. The summed E-state index contributed by atoms with van der Waals surface area (Å²) in [4.78, 5) is 26.9. The second kappa shape index (κ2) is 9.85. The average Bonchev–Trinajstić information content (AvgIpc) is 3.23. The first-order valence-corrected chi connectivity index (χ1v) is 11.4. The molecule has 5 nitrogen and oxygen atoms in total. The zero-order chi connectivity index (χ0) is 19.9. The normalized spacial score (nSPS) is 14.4. The summed E-state index contributed by atoms with van der Waals surface area (Å²) < 4.78 is 5.27. The van der Waals surface area contributed by atoms with Crippen molar-refractivity contribution in [2.75, 3.05) is 5.32 Å². The van der Waals surface area contributed by atoms with Gasteiger partial charge in [-0.25, -0.2) is 0 Å². The molecular weight excluding hydrogens is 392 g/mol. The lowest BCUT2D eigenvalue weighted by atomic mass is 10.1. The molecule has 3 rings (SSSR count). The van der Waals surface area contributed by atoms with Crippen molar-refractivity contribution < 1.29 is 14.3 Å². The van der Waals surface area contributed by atoms with Crippen LogP contribution in [-0.2, 0) is 33.6 Å². The number of nitrogens with one attached hydrogen (secondary N) is 1. The average molecular weight is 417 g/mol. The molecule has 0 unspecified atom stereocenters. The lowest BCUT2D eigenvalue weighted by Gasteiger charge is -2.13. The number of nitrogens with zero attached hydrogens (tertiary/aromatic N) is 1. The number of hydrogen-bond acceptors (Lipinski definition) is 6. The van der Waals surface area contributed by atoms with Crippen LogP contribution in [0, 0.1) is 11.3 Å². The standard InChI is InChI=1S/C21H24N2O3S2/c1-14(26-19(24)11-5-7-15-8-6-12-27-15)20(25)23-21-17(13-22)16-9-3-2-4-10-18(16)28-21/h6,8,12,14H,2-5,7,9-11H2,1H3,(H,23,25)/t14-/m0/s1. The van der Waals surface area contributed by atoms with E-state index in [4.69, 9.17) is 4.74 Å². The van der Waals surface area contributed by atoms with Crippen LogP contribution in [0.4, 0.5) is 5.00 Å². The Morgan fingerprint density at radius 2 is 2.14 bits per heavy atom. The van der Waals surface area contributed by atoms with Gasteiger partial charge in [-0.05, 0) is 62.5 Å². The topological polar surface area (TPSA) is 79.2 Å². The maximum Gasteiger partial charge on any atom is 0.306 e. The fourth-order valence-corrected chi connectivity index (χ4v) is 5.33. The minimum atomic E-state index is -0.886. The summed E-state index contributed by atoms with van der Waals surface area (Å²) in [6, 6.07) is 6.28. The van der Waals surface area contributed by atoms with Crippen LogP contribution in [0.5, 0.6) is 0 Å². The Morgan fingerprint density at radius 1 is 1.32 bits per heavy atom. The smallest absolute Gasteiger partial charge is 0.306 e. The lowest BCUT2D eigenvalue weighted by Crippen LogP contribution is -2.29. The van der Waals surface area contributed by atoms with Gasteiger partial charge in [0.2, 0.25) is 0 Å². The minimum Gasteiger partial charge on any atom is -0.453 e. The molecule has 0 spiro atoms. The molecule has 0 fully saturated rings. The van der Waals surface area contributed by atoms with E-state index in [1.54, 1.807) is 18.3 Å². The van der Waals surface area contributed by atoms with Gasteiger partial charge in [-0.1, -0.05) is 12.5 Å². The highest BCUT2D eigenvalue weighted by Crippen LogP contribution is 2.37. The number of esters is 1. The van der Waals surface area contributed by atoms with Crippen molar-refractivity contribution in [2.45, 2.75) is 64.4 Å². The molecule has 0 bridgehead atoms. The van der Waals surface area contributed by atoms with E-state index in [-0.39, 0.29) is 18.3 Å². The third-order valence-electron chi connectivity index (χ3n) is 4.83. The molecule has 28 heavy (non-hydrogen) atoms. The van der Waals surface area contributed by atoms with E-state index in [0.29, 0.717) is 17.0 Å². The molecule has 0 aromatic carbocycles.